The number of fused-ring (bicyclic) bond motifs is 1. The second-order valence-electron chi connectivity index (χ2n) is 4.13. The summed E-state index contributed by atoms with van der Waals surface area (Å²) >= 11 is 1.76. The van der Waals surface area contributed by atoms with Gasteiger partial charge in [-0.25, -0.2) is 8.97 Å². The highest BCUT2D eigenvalue weighted by Crippen LogP contribution is 2.22. The van der Waals surface area contributed by atoms with Crippen LogP contribution in [0.4, 0.5) is 0 Å². The van der Waals surface area contributed by atoms with Gasteiger partial charge in [-0.2, -0.15) is 0 Å². The summed E-state index contributed by atoms with van der Waals surface area (Å²) in [5.41, 5.74) is 2.38. The molecule has 0 radical (unpaired) electrons. The molecule has 2 heterocycles. The highest BCUT2D eigenvalue weighted by molar-refractivity contribution is 7.98. The summed E-state index contributed by atoms with van der Waals surface area (Å²) in [6.07, 6.45) is 8.03. The maximum Gasteiger partial charge on any atom is 0.403 e. The van der Waals surface area contributed by atoms with Crippen LogP contribution in [0.25, 0.3) is 17.0 Å². The molecule has 0 amide bonds. The van der Waals surface area contributed by atoms with Crippen LogP contribution in [-0.2, 0) is 7.05 Å². The Morgan fingerprint density at radius 1 is 1.22 bits per heavy atom. The summed E-state index contributed by atoms with van der Waals surface area (Å²) < 4.78 is 4.14. The summed E-state index contributed by atoms with van der Waals surface area (Å²) in [7, 11) is 2.04. The number of nitrogens with zero attached hydrogens (tertiary/aromatic N) is 3. The van der Waals surface area contributed by atoms with Gasteiger partial charge in [-0.05, 0) is 18.4 Å². The fraction of sp³-hybridized carbons (Fsp3) is 0.143. The molecule has 0 saturated heterocycles. The quantitative estimate of drug-likeness (QED) is 0.519. The van der Waals surface area contributed by atoms with Crippen LogP contribution in [-0.4, -0.2) is 15.8 Å². The second-order valence-corrected chi connectivity index (χ2v) is 5.01. The van der Waals surface area contributed by atoms with Crippen LogP contribution in [0.2, 0.25) is 0 Å². The molecule has 0 fully saturated rings. The van der Waals surface area contributed by atoms with Crippen molar-refractivity contribution in [1.29, 1.82) is 0 Å². The maximum absolute atomic E-state index is 4.38. The molecule has 3 rings (SSSR count). The average molecular weight is 256 g/mol. The monoisotopic (exact) mass is 256 g/mol. The summed E-state index contributed by atoms with van der Waals surface area (Å²) in [6.45, 7) is 0. The van der Waals surface area contributed by atoms with Crippen LogP contribution in [0.1, 0.15) is 0 Å². The van der Waals surface area contributed by atoms with Crippen LogP contribution >= 0.6 is 11.8 Å². The molecule has 0 saturated carbocycles. The van der Waals surface area contributed by atoms with Gasteiger partial charge in [0.25, 0.3) is 0 Å². The van der Waals surface area contributed by atoms with Crippen molar-refractivity contribution in [1.82, 2.24) is 9.55 Å². The summed E-state index contributed by atoms with van der Waals surface area (Å²) in [6, 6.07) is 10.5. The van der Waals surface area contributed by atoms with E-state index in [4.69, 9.17) is 0 Å². The van der Waals surface area contributed by atoms with Gasteiger partial charge in [0.2, 0.25) is 0 Å². The number of hydrogen-bond acceptors (Lipinski definition) is 2. The number of imidazole rings is 1. The van der Waals surface area contributed by atoms with Gasteiger partial charge in [0.05, 0.1) is 13.2 Å². The fourth-order valence-electron chi connectivity index (χ4n) is 2.09. The maximum atomic E-state index is 4.38. The van der Waals surface area contributed by atoms with E-state index in [9.17, 15) is 0 Å². The lowest BCUT2D eigenvalue weighted by molar-refractivity contribution is -0.513. The molecule has 18 heavy (non-hydrogen) atoms. The Morgan fingerprint density at radius 2 is 2.00 bits per heavy atom. The van der Waals surface area contributed by atoms with E-state index in [0.717, 1.165) is 5.78 Å². The molecule has 0 unspecified atom stereocenters. The number of benzene rings is 1. The number of hydrogen-bond donors (Lipinski definition) is 0. The lowest BCUT2D eigenvalue weighted by atomic mass is 10.2. The van der Waals surface area contributed by atoms with Crippen molar-refractivity contribution in [2.24, 2.45) is 7.05 Å². The van der Waals surface area contributed by atoms with Crippen molar-refractivity contribution in [3.63, 3.8) is 0 Å². The highest BCUT2D eigenvalue weighted by Gasteiger charge is 2.15. The number of aryl methyl sites for hydroxylation is 1. The summed E-state index contributed by atoms with van der Waals surface area (Å²) in [5.74, 6) is 0.946. The third kappa shape index (κ3) is 1.78. The molecule has 0 aliphatic heterocycles. The third-order valence-electron chi connectivity index (χ3n) is 3.06. The Hall–Kier alpha value is -1.81. The average Bonchev–Trinajstić information content (AvgIpc) is 2.77. The largest absolute Gasteiger partial charge is 0.403 e. The van der Waals surface area contributed by atoms with Crippen LogP contribution in [0, 0.1) is 0 Å². The van der Waals surface area contributed by atoms with E-state index < -0.39 is 0 Å². The van der Waals surface area contributed by atoms with Gasteiger partial charge >= 0.3 is 5.78 Å². The lowest BCUT2D eigenvalue weighted by Gasteiger charge is -1.99. The van der Waals surface area contributed by atoms with E-state index in [1.807, 2.05) is 29.9 Å². The molecule has 2 aromatic heterocycles. The molecule has 0 spiro atoms. The lowest BCUT2D eigenvalue weighted by Crippen LogP contribution is -2.19. The summed E-state index contributed by atoms with van der Waals surface area (Å²) in [4.78, 5) is 5.66. The van der Waals surface area contributed by atoms with Gasteiger partial charge < -0.3 is 0 Å². The van der Waals surface area contributed by atoms with Crippen molar-refractivity contribution in [3.8, 4) is 11.3 Å². The molecular formula is C14H14N3S+. The number of rotatable bonds is 2. The minimum atomic E-state index is 0.946. The molecule has 90 valence electrons. The van der Waals surface area contributed by atoms with Gasteiger partial charge in [-0.1, -0.05) is 17.1 Å². The Bertz CT molecular complexity index is 686. The standard InChI is InChI=1S/C14H14N3S/c1-16-13(10-17-9-3-8-15-14(16)17)11-4-6-12(18-2)7-5-11/h3-10H,1-2H3/q+1. The fourth-order valence-corrected chi connectivity index (χ4v) is 2.50. The molecule has 0 aliphatic carbocycles. The van der Waals surface area contributed by atoms with Gasteiger partial charge in [-0.3, -0.25) is 0 Å². The first-order valence-corrected chi connectivity index (χ1v) is 6.98. The van der Waals surface area contributed by atoms with Gasteiger partial charge in [0.1, 0.15) is 18.1 Å². The molecule has 0 bridgehead atoms. The molecule has 3 nitrogen and oxygen atoms in total. The van der Waals surface area contributed by atoms with E-state index >= 15 is 0 Å². The number of aromatic nitrogens is 3. The molecule has 0 atom stereocenters. The molecule has 4 heteroatoms. The molecule has 1 aromatic carbocycles. The Kier molecular flexibility index (Phi) is 2.80. The normalized spacial score (nSPS) is 11.0. The second kappa shape index (κ2) is 4.46. The van der Waals surface area contributed by atoms with Gasteiger partial charge in [-0.15, -0.1) is 11.8 Å². The predicted octanol–water partition coefficient (Wildman–Crippen LogP) is 2.55. The smallest absolute Gasteiger partial charge is 0.227 e. The van der Waals surface area contributed by atoms with Gasteiger partial charge in [0.15, 0.2) is 0 Å². The molecule has 0 N–H and O–H groups in total. The molecule has 3 aromatic rings. The Balaban J connectivity index is 2.15. The first kappa shape index (κ1) is 11.3. The predicted molar refractivity (Wildman–Crippen MR) is 73.6 cm³/mol. The SMILES string of the molecule is CSc1ccc(-c2c[n+]3cccnc3n2C)cc1. The Labute approximate surface area is 110 Å². The number of thioether (sulfide) groups is 1. The van der Waals surface area contributed by atoms with Crippen molar-refractivity contribution in [3.05, 3.63) is 48.9 Å². The van der Waals surface area contributed by atoms with Crippen molar-refractivity contribution >= 4 is 17.5 Å². The zero-order valence-electron chi connectivity index (χ0n) is 10.4. The first-order valence-electron chi connectivity index (χ1n) is 5.76. The van der Waals surface area contributed by atoms with Crippen molar-refractivity contribution < 1.29 is 4.40 Å². The third-order valence-corrected chi connectivity index (χ3v) is 3.81. The minimum Gasteiger partial charge on any atom is -0.227 e. The zero-order valence-corrected chi connectivity index (χ0v) is 11.2. The zero-order chi connectivity index (χ0) is 12.5. The van der Waals surface area contributed by atoms with E-state index in [2.05, 4.69) is 46.3 Å². The van der Waals surface area contributed by atoms with E-state index in [0.29, 0.717) is 0 Å². The Morgan fingerprint density at radius 3 is 2.67 bits per heavy atom. The van der Waals surface area contributed by atoms with Crippen LogP contribution < -0.4 is 4.40 Å². The highest BCUT2D eigenvalue weighted by atomic mass is 32.2. The minimum absolute atomic E-state index is 0.946. The van der Waals surface area contributed by atoms with Gasteiger partial charge in [0, 0.05) is 16.5 Å². The van der Waals surface area contributed by atoms with E-state index in [-0.39, 0.29) is 0 Å². The van der Waals surface area contributed by atoms with Crippen LogP contribution in [0.5, 0.6) is 0 Å². The van der Waals surface area contributed by atoms with Crippen molar-refractivity contribution in [2.45, 2.75) is 4.90 Å². The first-order chi connectivity index (χ1) is 8.79. The topological polar surface area (TPSA) is 21.9 Å². The van der Waals surface area contributed by atoms with E-state index in [1.54, 1.807) is 11.8 Å². The molecule has 0 aliphatic rings. The molecular weight excluding hydrogens is 242 g/mol. The van der Waals surface area contributed by atoms with Crippen LogP contribution in [0.15, 0.2) is 53.8 Å². The van der Waals surface area contributed by atoms with Crippen LogP contribution in [0.3, 0.4) is 0 Å². The summed E-state index contributed by atoms with van der Waals surface area (Å²) in [5, 5.41) is 0. The van der Waals surface area contributed by atoms with E-state index in [1.165, 1.54) is 16.2 Å². The van der Waals surface area contributed by atoms with Crippen molar-refractivity contribution in [2.75, 3.05) is 6.26 Å².